The van der Waals surface area contributed by atoms with Gasteiger partial charge in [-0.2, -0.15) is 18.4 Å². The maximum absolute atomic E-state index is 17.3. The lowest BCUT2D eigenvalue weighted by Crippen LogP contribution is -2.51. The molecule has 87 heavy (non-hydrogen) atoms. The molecule has 4 fully saturated rings. The minimum absolute atomic E-state index is 0.0370. The number of nitrogens with one attached hydrogen (secondary N) is 4. The zero-order valence-electron chi connectivity index (χ0n) is 49.9. The summed E-state index contributed by atoms with van der Waals surface area (Å²) in [5.74, 6) is -2.48. The van der Waals surface area contributed by atoms with E-state index >= 15 is 17.6 Å². The van der Waals surface area contributed by atoms with Crippen LogP contribution in [-0.4, -0.2) is 146 Å². The van der Waals surface area contributed by atoms with E-state index in [1.54, 1.807) is 30.3 Å². The SMILES string of the molecule is C=N/C(=c1/cc(C(F)(F)F)/c(=c2/ccc(F)c3c2=C(C#N)C(=N)S3)c(F)c1NCCN1CCC(COc2cc(C(C=O)C(C)C)on2)CC1)N1CC2CCC(C1)N2.CC(NC=O)c1ccc(-c2c(F)cccc2F)cc1.CC1CCCN1C.CO.CO. The summed E-state index contributed by atoms with van der Waals surface area (Å²) in [5.41, 5.74) is -0.559. The Morgan fingerprint density at radius 3 is 2.14 bits per heavy atom. The van der Waals surface area contributed by atoms with Gasteiger partial charge in [-0.1, -0.05) is 62.0 Å². The van der Waals surface area contributed by atoms with Gasteiger partial charge in [-0.3, -0.25) is 10.2 Å². The Kier molecular flexibility index (Phi) is 25.5. The molecule has 5 atom stereocenters. The first kappa shape index (κ1) is 69.0. The second-order valence-electron chi connectivity index (χ2n) is 22.0. The van der Waals surface area contributed by atoms with Crippen LogP contribution in [-0.2, 0) is 15.8 Å². The third-order valence-corrected chi connectivity index (χ3v) is 17.1. The van der Waals surface area contributed by atoms with Crippen LogP contribution in [0.15, 0.2) is 81.1 Å². The molecule has 1 amide bonds. The Balaban J connectivity index is 0.000000329. The number of carbonyl (C=O) groups excluding carboxylic acids is 2. The van der Waals surface area contributed by atoms with Crippen molar-refractivity contribution in [1.82, 2.24) is 30.5 Å². The average Bonchev–Trinajstić information content (AvgIpc) is 1.78. The number of benzene rings is 4. The van der Waals surface area contributed by atoms with Crippen LogP contribution < -0.4 is 31.1 Å². The van der Waals surface area contributed by atoms with Crippen LogP contribution in [0.5, 0.6) is 5.88 Å². The molecule has 470 valence electrons. The Hall–Kier alpha value is -7.14. The van der Waals surface area contributed by atoms with Gasteiger partial charge >= 0.3 is 6.18 Å². The fourth-order valence-electron chi connectivity index (χ4n) is 11.3. The maximum Gasteiger partial charge on any atom is 0.417 e. The first-order chi connectivity index (χ1) is 41.7. The van der Waals surface area contributed by atoms with E-state index in [1.807, 2.05) is 31.7 Å². The van der Waals surface area contributed by atoms with E-state index in [0.29, 0.717) is 74.7 Å². The molecule has 5 aliphatic rings. The van der Waals surface area contributed by atoms with Gasteiger partial charge in [0.05, 0.1) is 45.8 Å². The highest BCUT2D eigenvalue weighted by Crippen LogP contribution is 2.35. The number of ether oxygens (including phenoxy) is 1. The summed E-state index contributed by atoms with van der Waals surface area (Å²) in [4.78, 5) is 32.2. The second-order valence-corrected chi connectivity index (χ2v) is 23.0. The van der Waals surface area contributed by atoms with Crippen molar-refractivity contribution in [2.45, 2.75) is 107 Å². The minimum atomic E-state index is -5.07. The van der Waals surface area contributed by atoms with Crippen LogP contribution in [0.1, 0.15) is 95.1 Å². The van der Waals surface area contributed by atoms with Crippen molar-refractivity contribution in [2.24, 2.45) is 16.8 Å². The molecule has 1 aromatic heterocycles. The zero-order valence-corrected chi connectivity index (χ0v) is 50.7. The molecule has 0 aliphatic carbocycles. The number of hydrogen-bond acceptors (Lipinski definition) is 16. The third-order valence-electron chi connectivity index (χ3n) is 16.1. The third kappa shape index (κ3) is 16.9. The summed E-state index contributed by atoms with van der Waals surface area (Å²) in [6, 6.07) is 17.7. The van der Waals surface area contributed by atoms with Crippen molar-refractivity contribution in [3.05, 3.63) is 128 Å². The average molecular weight is 1240 g/mol. The molecule has 2 bridgehead atoms. The predicted octanol–water partition coefficient (Wildman–Crippen LogP) is 9.12. The number of carbonyl (C=O) groups is 2. The van der Waals surface area contributed by atoms with E-state index in [4.69, 9.17) is 24.9 Å². The minimum Gasteiger partial charge on any atom is -0.475 e. The highest BCUT2D eigenvalue weighted by atomic mass is 32.2. The number of nitrogens with zero attached hydrogens (tertiary/aromatic N) is 6. The number of anilines is 1. The Morgan fingerprint density at radius 2 is 1.60 bits per heavy atom. The fourth-order valence-corrected chi connectivity index (χ4v) is 12.2. The number of likely N-dealkylation sites (tertiary alicyclic amines) is 3. The molecule has 4 saturated heterocycles. The zero-order chi connectivity index (χ0) is 63.7. The van der Waals surface area contributed by atoms with Crippen molar-refractivity contribution in [2.75, 3.05) is 79.0 Å². The number of aliphatic imine (C=N–C) groups is 1. The molecule has 6 N–H and O–H groups in total. The van der Waals surface area contributed by atoms with Gasteiger partial charge in [-0.25, -0.2) is 22.6 Å². The summed E-state index contributed by atoms with van der Waals surface area (Å²) >= 11 is 0.612. The van der Waals surface area contributed by atoms with E-state index in [0.717, 1.165) is 76.0 Å². The Morgan fingerprint density at radius 1 is 0.943 bits per heavy atom. The molecular weight excluding hydrogens is 1160 g/mol. The number of thioether (sulfide) groups is 1. The molecule has 5 aromatic rings. The number of fused-ring (bicyclic) bond motifs is 3. The molecular formula is C63H77F7N10O6S. The van der Waals surface area contributed by atoms with Crippen LogP contribution in [0.25, 0.3) is 22.5 Å². The normalized spacial score (nSPS) is 19.7. The molecule has 0 saturated carbocycles. The fraction of sp³-hybridized carbons (Fsp3) is 0.460. The van der Waals surface area contributed by atoms with Crippen LogP contribution in [0, 0.1) is 62.3 Å². The lowest BCUT2D eigenvalue weighted by Gasteiger charge is -2.35. The van der Waals surface area contributed by atoms with E-state index in [9.17, 15) is 28.0 Å². The molecule has 0 spiro atoms. The Labute approximate surface area is 506 Å². The lowest BCUT2D eigenvalue weighted by molar-refractivity contribution is -0.138. The summed E-state index contributed by atoms with van der Waals surface area (Å²) in [6.07, 6.45) is 2.56. The van der Waals surface area contributed by atoms with Gasteiger partial charge in [0.15, 0.2) is 11.6 Å². The molecule has 24 heteroatoms. The largest absolute Gasteiger partial charge is 0.475 e. The van der Waals surface area contributed by atoms with Gasteiger partial charge in [0.25, 0.3) is 5.88 Å². The second kappa shape index (κ2) is 32.2. The molecule has 5 unspecified atom stereocenters. The van der Waals surface area contributed by atoms with E-state index in [2.05, 4.69) is 56.6 Å². The van der Waals surface area contributed by atoms with Gasteiger partial charge in [-0.15, -0.1) is 0 Å². The number of aliphatic hydroxyl groups excluding tert-OH is 2. The molecule has 10 rings (SSSR count). The van der Waals surface area contributed by atoms with Crippen molar-refractivity contribution in [3.63, 3.8) is 0 Å². The summed E-state index contributed by atoms with van der Waals surface area (Å²) in [7, 11) is 4.19. The lowest BCUT2D eigenvalue weighted by atomic mass is 9.95. The van der Waals surface area contributed by atoms with E-state index in [-0.39, 0.29) is 84.7 Å². The van der Waals surface area contributed by atoms with Crippen molar-refractivity contribution >= 4 is 53.3 Å². The highest BCUT2D eigenvalue weighted by Gasteiger charge is 2.38. The molecule has 5 aliphatic heterocycles. The van der Waals surface area contributed by atoms with Crippen LogP contribution in [0.3, 0.4) is 0 Å². The predicted molar refractivity (Wildman–Crippen MR) is 322 cm³/mol. The Bertz CT molecular complexity index is 3410. The number of aldehydes is 1. The van der Waals surface area contributed by atoms with Gasteiger partial charge in [-0.05, 0) is 143 Å². The number of halogens is 7. The topological polar surface area (TPSA) is 216 Å². The van der Waals surface area contributed by atoms with Gasteiger partial charge < -0.3 is 54.9 Å². The number of piperidine rings is 1. The van der Waals surface area contributed by atoms with Gasteiger partial charge in [0, 0.05) is 80.2 Å². The van der Waals surface area contributed by atoms with Crippen LogP contribution in [0.2, 0.25) is 0 Å². The van der Waals surface area contributed by atoms with Crippen LogP contribution >= 0.6 is 11.8 Å². The number of hydrogen-bond donors (Lipinski definition) is 6. The van der Waals surface area contributed by atoms with Gasteiger partial charge in [0.1, 0.15) is 40.7 Å². The first-order valence-corrected chi connectivity index (χ1v) is 29.6. The van der Waals surface area contributed by atoms with E-state index < -0.39 is 46.1 Å². The smallest absolute Gasteiger partial charge is 0.417 e. The molecule has 6 heterocycles. The number of nitriles is 1. The maximum atomic E-state index is 17.3. The van der Waals surface area contributed by atoms with Crippen molar-refractivity contribution in [1.29, 1.82) is 10.7 Å². The summed E-state index contributed by atoms with van der Waals surface area (Å²) < 4.78 is 116. The number of amides is 1. The van der Waals surface area contributed by atoms with Crippen molar-refractivity contribution in [3.8, 4) is 23.1 Å². The van der Waals surface area contributed by atoms with Crippen LogP contribution in [0.4, 0.5) is 36.4 Å². The number of aromatic nitrogens is 1. The van der Waals surface area contributed by atoms with Crippen molar-refractivity contribution < 1.29 is 59.8 Å². The number of rotatable bonds is 16. The highest BCUT2D eigenvalue weighted by molar-refractivity contribution is 8.15. The quantitative estimate of drug-likeness (QED) is 0.0309. The number of alkyl halides is 3. The first-order valence-electron chi connectivity index (χ1n) is 28.7. The number of piperazine rings is 1. The monoisotopic (exact) mass is 1230 g/mol. The summed E-state index contributed by atoms with van der Waals surface area (Å²) in [5, 5.41) is 43.4. The number of aliphatic hydroxyl groups is 2. The standard InChI is InChI=1S/C40H43F5N8O3S.C15H13F2NO.C6H13N.2CH4O/c1-21(2)28(19-54)31-15-32(51-56-31)55-20-22-8-11-52(12-9-22)13-10-49-36-26(39(48-3)53-17-23-4-5-24(18-53)50-23)14-29(40(43,44)45)34(35(36)42)25-6-7-30(41)37-33(25)27(16-46)38(47)57-37;1-10(18-9-19)11-5-7-12(8-6-11)15-13(16)3-2-4-14(15)17;1-6-4-3-5-7(6)2;2*1-2/h6-7,14-15,19,21-24,28,47,49-50H,3-5,8-13,17-18,20H2,1-2H3;2-10H,1H3,(H,18,19);6H,3-5H2,1-2H3;2*2H,1H3/b34-25+,39-26+,47-38?;;;;. The van der Waals surface area contributed by atoms with Gasteiger partial charge in [0.2, 0.25) is 6.41 Å². The molecule has 4 aromatic carbocycles. The summed E-state index contributed by atoms with van der Waals surface area (Å²) in [6.45, 7) is 16.3. The van der Waals surface area contributed by atoms with E-state index in [1.165, 1.54) is 37.6 Å². The molecule has 0 radical (unpaired) electrons. The molecule has 16 nitrogen and oxygen atoms in total.